The Bertz CT molecular complexity index is 1350. The summed E-state index contributed by atoms with van der Waals surface area (Å²) in [6.45, 7) is -0.189. The smallest absolute Gasteiger partial charge is 0.261 e. The van der Waals surface area contributed by atoms with Gasteiger partial charge < -0.3 is 5.32 Å². The van der Waals surface area contributed by atoms with E-state index in [-0.39, 0.29) is 23.9 Å². The minimum atomic E-state index is -0.510. The molecule has 1 aliphatic rings. The Morgan fingerprint density at radius 3 is 2.78 bits per heavy atom. The molecule has 0 aliphatic heterocycles. The van der Waals surface area contributed by atoms with Gasteiger partial charge in [0, 0.05) is 4.88 Å². The molecule has 7 heteroatoms. The Morgan fingerprint density at radius 1 is 1.12 bits per heavy atom. The van der Waals surface area contributed by atoms with Gasteiger partial charge in [-0.05, 0) is 72.0 Å². The van der Waals surface area contributed by atoms with Crippen LogP contribution < -0.4 is 10.9 Å². The van der Waals surface area contributed by atoms with E-state index in [9.17, 15) is 14.0 Å². The number of carbonyl (C=O) groups excluding carboxylic acids is 1. The number of hydrogen-bond acceptors (Lipinski definition) is 4. The van der Waals surface area contributed by atoms with E-state index in [1.807, 2.05) is 17.5 Å². The first-order chi connectivity index (χ1) is 15.6. The lowest BCUT2D eigenvalue weighted by molar-refractivity contribution is -0.122. The molecule has 1 amide bonds. The number of nitrogens with zero attached hydrogens (tertiary/aromatic N) is 2. The van der Waals surface area contributed by atoms with Gasteiger partial charge in [-0.1, -0.05) is 24.3 Å². The fourth-order valence-electron chi connectivity index (χ4n) is 4.31. The zero-order valence-electron chi connectivity index (χ0n) is 17.4. The standard InChI is InChI=1S/C25H22FN3O2S/c26-19-9-10-21-20(13-19)25(31)29(15-27-21)14-23(30)28-24(22-6-3-11-32-22)18-8-7-16-4-1-2-5-17(16)12-18/h3,6-13,15,24H,1-2,4-5,14H2,(H,28,30). The van der Waals surface area contributed by atoms with E-state index in [1.54, 1.807) is 11.3 Å². The fourth-order valence-corrected chi connectivity index (χ4v) is 5.11. The van der Waals surface area contributed by atoms with Crippen LogP contribution in [0.2, 0.25) is 0 Å². The van der Waals surface area contributed by atoms with Crippen molar-refractivity contribution in [2.75, 3.05) is 0 Å². The van der Waals surface area contributed by atoms with Gasteiger partial charge in [0.25, 0.3) is 5.56 Å². The van der Waals surface area contributed by atoms with Crippen LogP contribution in [0.3, 0.4) is 0 Å². The Morgan fingerprint density at radius 2 is 1.97 bits per heavy atom. The molecule has 0 fully saturated rings. The van der Waals surface area contributed by atoms with Crippen molar-refractivity contribution in [3.05, 3.63) is 98.0 Å². The number of aryl methyl sites for hydroxylation is 2. The van der Waals surface area contributed by atoms with Crippen molar-refractivity contribution in [2.24, 2.45) is 0 Å². The van der Waals surface area contributed by atoms with E-state index in [0.717, 1.165) is 29.3 Å². The quantitative estimate of drug-likeness (QED) is 0.494. The third-order valence-electron chi connectivity index (χ3n) is 5.94. The Balaban J connectivity index is 1.42. The van der Waals surface area contributed by atoms with Gasteiger partial charge in [-0.15, -0.1) is 11.3 Å². The van der Waals surface area contributed by atoms with Crippen LogP contribution in [0, 0.1) is 5.82 Å². The molecule has 1 aliphatic carbocycles. The average Bonchev–Trinajstić information content (AvgIpc) is 3.34. The Hall–Kier alpha value is -3.32. The van der Waals surface area contributed by atoms with Crippen LogP contribution in [0.25, 0.3) is 10.9 Å². The summed E-state index contributed by atoms with van der Waals surface area (Å²) in [6, 6.07) is 14.0. The second kappa shape index (κ2) is 8.67. The monoisotopic (exact) mass is 447 g/mol. The zero-order chi connectivity index (χ0) is 22.1. The molecule has 5 rings (SSSR count). The Labute approximate surface area is 188 Å². The lowest BCUT2D eigenvalue weighted by atomic mass is 9.89. The molecule has 1 unspecified atom stereocenters. The molecule has 162 valence electrons. The molecule has 0 bridgehead atoms. The van der Waals surface area contributed by atoms with Crippen molar-refractivity contribution in [3.63, 3.8) is 0 Å². The largest absolute Gasteiger partial charge is 0.343 e. The molecule has 0 spiro atoms. The van der Waals surface area contributed by atoms with E-state index in [4.69, 9.17) is 0 Å². The van der Waals surface area contributed by atoms with E-state index >= 15 is 0 Å². The van der Waals surface area contributed by atoms with Crippen LogP contribution in [0.15, 0.2) is 65.0 Å². The molecule has 1 N–H and O–H groups in total. The maximum Gasteiger partial charge on any atom is 0.261 e. The summed E-state index contributed by atoms with van der Waals surface area (Å²) in [5.41, 5.74) is 3.73. The summed E-state index contributed by atoms with van der Waals surface area (Å²) in [4.78, 5) is 30.9. The number of hydrogen-bond donors (Lipinski definition) is 1. The van der Waals surface area contributed by atoms with Gasteiger partial charge >= 0.3 is 0 Å². The first-order valence-corrected chi connectivity index (χ1v) is 11.6. The molecular formula is C25H22FN3O2S. The van der Waals surface area contributed by atoms with E-state index in [2.05, 4.69) is 28.5 Å². The van der Waals surface area contributed by atoms with E-state index in [0.29, 0.717) is 5.52 Å². The number of rotatable bonds is 5. The van der Waals surface area contributed by atoms with Crippen molar-refractivity contribution in [1.82, 2.24) is 14.9 Å². The zero-order valence-corrected chi connectivity index (χ0v) is 18.2. The number of carbonyl (C=O) groups is 1. The predicted octanol–water partition coefficient (Wildman–Crippen LogP) is 4.38. The van der Waals surface area contributed by atoms with E-state index in [1.165, 1.54) is 47.0 Å². The SMILES string of the molecule is O=C(Cn1cnc2ccc(F)cc2c1=O)NC(c1ccc2c(c1)CCCC2)c1cccs1. The van der Waals surface area contributed by atoms with Crippen molar-refractivity contribution < 1.29 is 9.18 Å². The number of nitrogens with one attached hydrogen (secondary N) is 1. The molecule has 0 saturated carbocycles. The molecular weight excluding hydrogens is 425 g/mol. The Kier molecular flexibility index (Phi) is 5.57. The molecule has 1 atom stereocenters. The highest BCUT2D eigenvalue weighted by Gasteiger charge is 2.21. The number of fused-ring (bicyclic) bond motifs is 2. The lowest BCUT2D eigenvalue weighted by Crippen LogP contribution is -2.35. The van der Waals surface area contributed by atoms with Crippen LogP contribution in [0.1, 0.15) is 40.5 Å². The molecule has 32 heavy (non-hydrogen) atoms. The van der Waals surface area contributed by atoms with Crippen LogP contribution in [-0.4, -0.2) is 15.5 Å². The van der Waals surface area contributed by atoms with Gasteiger partial charge in [0.05, 0.1) is 23.3 Å². The van der Waals surface area contributed by atoms with Crippen molar-refractivity contribution in [2.45, 2.75) is 38.3 Å². The molecule has 4 aromatic rings. The topological polar surface area (TPSA) is 64.0 Å². The third-order valence-corrected chi connectivity index (χ3v) is 6.88. The first-order valence-electron chi connectivity index (χ1n) is 10.7. The molecule has 0 radical (unpaired) electrons. The van der Waals surface area contributed by atoms with Crippen LogP contribution in [-0.2, 0) is 24.2 Å². The van der Waals surface area contributed by atoms with Crippen LogP contribution >= 0.6 is 11.3 Å². The summed E-state index contributed by atoms with van der Waals surface area (Å²) < 4.78 is 14.8. The summed E-state index contributed by atoms with van der Waals surface area (Å²) in [7, 11) is 0. The fraction of sp³-hybridized carbons (Fsp3) is 0.240. The third kappa shape index (κ3) is 4.08. The molecule has 2 aromatic heterocycles. The number of amides is 1. The highest BCUT2D eigenvalue weighted by atomic mass is 32.1. The lowest BCUT2D eigenvalue weighted by Gasteiger charge is -2.22. The maximum atomic E-state index is 13.6. The summed E-state index contributed by atoms with van der Waals surface area (Å²) in [5, 5.41) is 5.23. The van der Waals surface area contributed by atoms with Gasteiger partial charge in [-0.25, -0.2) is 9.37 Å². The average molecular weight is 448 g/mol. The number of benzene rings is 2. The first kappa shape index (κ1) is 20.6. The minimum Gasteiger partial charge on any atom is -0.343 e. The van der Waals surface area contributed by atoms with Gasteiger partial charge in [-0.2, -0.15) is 0 Å². The molecule has 0 saturated heterocycles. The maximum absolute atomic E-state index is 13.6. The van der Waals surface area contributed by atoms with E-state index < -0.39 is 11.4 Å². The van der Waals surface area contributed by atoms with Gasteiger partial charge in [0.15, 0.2) is 0 Å². The number of thiophene rings is 1. The van der Waals surface area contributed by atoms with Crippen LogP contribution in [0.4, 0.5) is 4.39 Å². The summed E-state index contributed by atoms with van der Waals surface area (Å²) in [6.07, 6.45) is 5.90. The van der Waals surface area contributed by atoms with Crippen molar-refractivity contribution in [3.8, 4) is 0 Å². The van der Waals surface area contributed by atoms with Gasteiger partial charge in [0.1, 0.15) is 12.4 Å². The minimum absolute atomic E-state index is 0.157. The molecule has 2 heterocycles. The molecule has 2 aromatic carbocycles. The number of aromatic nitrogens is 2. The van der Waals surface area contributed by atoms with Crippen molar-refractivity contribution in [1.29, 1.82) is 0 Å². The van der Waals surface area contributed by atoms with Gasteiger partial charge in [-0.3, -0.25) is 14.2 Å². The number of halogens is 1. The predicted molar refractivity (Wildman–Crippen MR) is 123 cm³/mol. The molecule has 5 nitrogen and oxygen atoms in total. The highest BCUT2D eigenvalue weighted by Crippen LogP contribution is 2.30. The highest BCUT2D eigenvalue weighted by molar-refractivity contribution is 7.10. The normalized spacial score (nSPS) is 14.2. The summed E-state index contributed by atoms with van der Waals surface area (Å²) >= 11 is 1.58. The van der Waals surface area contributed by atoms with Crippen LogP contribution in [0.5, 0.6) is 0 Å². The second-order valence-corrected chi connectivity index (χ2v) is 9.07. The van der Waals surface area contributed by atoms with Gasteiger partial charge in [0.2, 0.25) is 5.91 Å². The van der Waals surface area contributed by atoms with Crippen molar-refractivity contribution >= 4 is 28.1 Å². The second-order valence-electron chi connectivity index (χ2n) is 8.09. The summed E-state index contributed by atoms with van der Waals surface area (Å²) in [5.74, 6) is -0.815.